The SMILES string of the molecule is O=C(O)c1ccc(Cl)cc1Oc1cc(=O)[nH]c(C2CC2)n1. The zero-order valence-corrected chi connectivity index (χ0v) is 11.6. The fourth-order valence-electron chi connectivity index (χ4n) is 1.93. The zero-order valence-electron chi connectivity index (χ0n) is 10.8. The smallest absolute Gasteiger partial charge is 0.339 e. The molecule has 108 valence electrons. The largest absolute Gasteiger partial charge is 0.478 e. The number of aromatic amines is 1. The average molecular weight is 307 g/mol. The summed E-state index contributed by atoms with van der Waals surface area (Å²) in [5.41, 5.74) is -0.379. The molecule has 2 aromatic rings. The minimum absolute atomic E-state index is 0.0468. The number of carboxylic acid groups (broad SMARTS) is 1. The molecule has 1 aliphatic rings. The first-order valence-corrected chi connectivity index (χ1v) is 6.72. The van der Waals surface area contributed by atoms with E-state index in [9.17, 15) is 9.59 Å². The summed E-state index contributed by atoms with van der Waals surface area (Å²) in [7, 11) is 0. The van der Waals surface area contributed by atoms with E-state index in [-0.39, 0.29) is 28.7 Å². The molecule has 21 heavy (non-hydrogen) atoms. The lowest BCUT2D eigenvalue weighted by atomic mass is 10.2. The maximum atomic E-state index is 11.6. The normalized spacial score (nSPS) is 14.0. The van der Waals surface area contributed by atoms with Gasteiger partial charge in [-0.2, -0.15) is 4.98 Å². The third-order valence-corrected chi connectivity index (χ3v) is 3.32. The van der Waals surface area contributed by atoms with E-state index in [2.05, 4.69) is 9.97 Å². The summed E-state index contributed by atoms with van der Waals surface area (Å²) in [5, 5.41) is 9.47. The highest BCUT2D eigenvalue weighted by atomic mass is 35.5. The molecule has 3 rings (SSSR count). The zero-order chi connectivity index (χ0) is 15.0. The molecule has 1 fully saturated rings. The topological polar surface area (TPSA) is 92.3 Å². The number of carbonyl (C=O) groups is 1. The molecule has 0 bridgehead atoms. The molecule has 7 heteroatoms. The lowest BCUT2D eigenvalue weighted by molar-refractivity contribution is 0.0694. The molecule has 0 aliphatic heterocycles. The van der Waals surface area contributed by atoms with Gasteiger partial charge in [0, 0.05) is 17.0 Å². The molecular formula is C14H11ClN2O4. The fourth-order valence-corrected chi connectivity index (χ4v) is 2.09. The third kappa shape index (κ3) is 3.05. The fraction of sp³-hybridized carbons (Fsp3) is 0.214. The number of H-pyrrole nitrogens is 1. The molecule has 1 aromatic carbocycles. The second-order valence-electron chi connectivity index (χ2n) is 4.79. The number of rotatable bonds is 4. The van der Waals surface area contributed by atoms with Crippen molar-refractivity contribution in [1.82, 2.24) is 9.97 Å². The second-order valence-corrected chi connectivity index (χ2v) is 5.23. The highest BCUT2D eigenvalue weighted by Gasteiger charge is 2.27. The van der Waals surface area contributed by atoms with E-state index in [0.717, 1.165) is 12.8 Å². The number of carboxylic acids is 1. The summed E-state index contributed by atoms with van der Waals surface area (Å²) in [5.74, 6) is -0.217. The highest BCUT2D eigenvalue weighted by Crippen LogP contribution is 2.38. The van der Waals surface area contributed by atoms with E-state index in [4.69, 9.17) is 21.4 Å². The van der Waals surface area contributed by atoms with Gasteiger partial charge in [-0.1, -0.05) is 11.6 Å². The van der Waals surface area contributed by atoms with Gasteiger partial charge in [-0.15, -0.1) is 0 Å². The predicted molar refractivity (Wildman–Crippen MR) is 75.3 cm³/mol. The van der Waals surface area contributed by atoms with Crippen LogP contribution in [-0.2, 0) is 0 Å². The molecule has 0 saturated heterocycles. The monoisotopic (exact) mass is 306 g/mol. The quantitative estimate of drug-likeness (QED) is 0.906. The molecule has 6 nitrogen and oxygen atoms in total. The number of aromatic nitrogens is 2. The number of hydrogen-bond donors (Lipinski definition) is 2. The van der Waals surface area contributed by atoms with Crippen molar-refractivity contribution in [2.24, 2.45) is 0 Å². The Balaban J connectivity index is 1.98. The molecule has 0 amide bonds. The minimum Gasteiger partial charge on any atom is -0.478 e. The summed E-state index contributed by atoms with van der Waals surface area (Å²) in [6.45, 7) is 0. The second kappa shape index (κ2) is 5.21. The molecule has 2 N–H and O–H groups in total. The van der Waals surface area contributed by atoms with Crippen molar-refractivity contribution in [2.75, 3.05) is 0 Å². The number of hydrogen-bond acceptors (Lipinski definition) is 4. The minimum atomic E-state index is -1.14. The van der Waals surface area contributed by atoms with Crippen LogP contribution < -0.4 is 10.3 Å². The van der Waals surface area contributed by atoms with Crippen LogP contribution in [-0.4, -0.2) is 21.0 Å². The van der Waals surface area contributed by atoms with Crippen molar-refractivity contribution in [3.05, 3.63) is 51.0 Å². The molecule has 1 aliphatic carbocycles. The molecule has 1 aromatic heterocycles. The Hall–Kier alpha value is -2.34. The molecule has 0 spiro atoms. The molecule has 0 unspecified atom stereocenters. The van der Waals surface area contributed by atoms with E-state index in [1.165, 1.54) is 24.3 Å². The van der Waals surface area contributed by atoms with Crippen molar-refractivity contribution in [3.8, 4) is 11.6 Å². The number of halogens is 1. The Morgan fingerprint density at radius 2 is 2.14 bits per heavy atom. The first-order chi connectivity index (χ1) is 10.0. The van der Waals surface area contributed by atoms with Gasteiger partial charge < -0.3 is 14.8 Å². The van der Waals surface area contributed by atoms with Crippen molar-refractivity contribution in [1.29, 1.82) is 0 Å². The number of aromatic carboxylic acids is 1. The maximum absolute atomic E-state index is 11.6. The Kier molecular flexibility index (Phi) is 3.39. The van der Waals surface area contributed by atoms with Crippen molar-refractivity contribution in [3.63, 3.8) is 0 Å². The molecule has 1 heterocycles. The van der Waals surface area contributed by atoms with Gasteiger partial charge in [0.25, 0.3) is 5.56 Å². The van der Waals surface area contributed by atoms with Crippen LogP contribution in [0.5, 0.6) is 11.6 Å². The van der Waals surface area contributed by atoms with Crippen LogP contribution in [0.1, 0.15) is 34.9 Å². The van der Waals surface area contributed by atoms with Crippen LogP contribution >= 0.6 is 11.6 Å². The van der Waals surface area contributed by atoms with E-state index >= 15 is 0 Å². The average Bonchev–Trinajstić information content (AvgIpc) is 3.21. The van der Waals surface area contributed by atoms with Gasteiger partial charge in [0.05, 0.1) is 6.07 Å². The lowest BCUT2D eigenvalue weighted by Gasteiger charge is -2.09. The third-order valence-electron chi connectivity index (χ3n) is 3.09. The van der Waals surface area contributed by atoms with E-state index in [1.807, 2.05) is 0 Å². The maximum Gasteiger partial charge on any atom is 0.339 e. The number of nitrogens with zero attached hydrogens (tertiary/aromatic N) is 1. The van der Waals surface area contributed by atoms with E-state index < -0.39 is 5.97 Å². The number of ether oxygens (including phenoxy) is 1. The Morgan fingerprint density at radius 3 is 2.81 bits per heavy atom. The summed E-state index contributed by atoms with van der Waals surface area (Å²) < 4.78 is 5.45. The van der Waals surface area contributed by atoms with Crippen molar-refractivity contribution >= 4 is 17.6 Å². The Bertz CT molecular complexity index is 768. The number of benzene rings is 1. The standard InChI is InChI=1S/C14H11ClN2O4/c15-8-3-4-9(14(19)20)10(5-8)21-12-6-11(18)16-13(17-12)7-1-2-7/h3-7H,1-2H2,(H,19,20)(H,16,17,18). The van der Waals surface area contributed by atoms with E-state index in [0.29, 0.717) is 10.8 Å². The molecule has 1 saturated carbocycles. The molecule has 0 atom stereocenters. The highest BCUT2D eigenvalue weighted by molar-refractivity contribution is 6.30. The summed E-state index contributed by atoms with van der Waals surface area (Å²) in [4.78, 5) is 29.6. The number of nitrogens with one attached hydrogen (secondary N) is 1. The summed E-state index contributed by atoms with van der Waals surface area (Å²) in [6.07, 6.45) is 1.95. The molecular weight excluding hydrogens is 296 g/mol. The van der Waals surface area contributed by atoms with Gasteiger partial charge in [0.1, 0.15) is 17.1 Å². The van der Waals surface area contributed by atoms with Crippen molar-refractivity contribution < 1.29 is 14.6 Å². The molecule has 0 radical (unpaired) electrons. The van der Waals surface area contributed by atoms with Crippen LogP contribution in [0.4, 0.5) is 0 Å². The van der Waals surface area contributed by atoms with Gasteiger partial charge in [-0.05, 0) is 25.0 Å². The predicted octanol–water partition coefficient (Wildman–Crippen LogP) is 2.79. The van der Waals surface area contributed by atoms with Gasteiger partial charge >= 0.3 is 5.97 Å². The lowest BCUT2D eigenvalue weighted by Crippen LogP contribution is -2.11. The summed E-state index contributed by atoms with van der Waals surface area (Å²) >= 11 is 5.85. The van der Waals surface area contributed by atoms with Gasteiger partial charge in [0.15, 0.2) is 0 Å². The van der Waals surface area contributed by atoms with Gasteiger partial charge in [-0.3, -0.25) is 4.79 Å². The van der Waals surface area contributed by atoms with Crippen LogP contribution in [0, 0.1) is 0 Å². The van der Waals surface area contributed by atoms with Crippen LogP contribution in [0.2, 0.25) is 5.02 Å². The Morgan fingerprint density at radius 1 is 1.38 bits per heavy atom. The first kappa shape index (κ1) is 13.6. The van der Waals surface area contributed by atoms with Gasteiger partial charge in [-0.25, -0.2) is 4.79 Å². The van der Waals surface area contributed by atoms with Crippen LogP contribution in [0.3, 0.4) is 0 Å². The van der Waals surface area contributed by atoms with E-state index in [1.54, 1.807) is 0 Å². The van der Waals surface area contributed by atoms with Gasteiger partial charge in [0.2, 0.25) is 5.88 Å². The first-order valence-electron chi connectivity index (χ1n) is 6.35. The van der Waals surface area contributed by atoms with Crippen LogP contribution in [0.25, 0.3) is 0 Å². The van der Waals surface area contributed by atoms with Crippen LogP contribution in [0.15, 0.2) is 29.1 Å². The van der Waals surface area contributed by atoms with Crippen molar-refractivity contribution in [2.45, 2.75) is 18.8 Å². The summed E-state index contributed by atoms with van der Waals surface area (Å²) in [6, 6.07) is 5.36. The Labute approximate surface area is 124 Å².